The van der Waals surface area contributed by atoms with E-state index in [0.29, 0.717) is 0 Å². The van der Waals surface area contributed by atoms with Gasteiger partial charge in [0.25, 0.3) is 0 Å². The topological polar surface area (TPSA) is 35.5 Å². The first kappa shape index (κ1) is 14.3. The number of hydrogen-bond donors (Lipinski definition) is 0. The van der Waals surface area contributed by atoms with Crippen LogP contribution in [0.15, 0.2) is 24.3 Å². The standard InChI is InChI=1S/C15H20O3/c1-10(12(3)16)9-11(2)15-13(17-4)7-6-8-14(15)18-5/h6-10H,1-5H3/b11-9+. The van der Waals surface area contributed by atoms with E-state index in [9.17, 15) is 4.79 Å². The number of Topliss-reactive ketones (excluding diaryl/α,β-unsaturated/α-hetero) is 1. The van der Waals surface area contributed by atoms with Gasteiger partial charge in [0, 0.05) is 5.92 Å². The van der Waals surface area contributed by atoms with Crippen molar-refractivity contribution in [1.82, 2.24) is 0 Å². The molecule has 1 atom stereocenters. The number of ketones is 1. The quantitative estimate of drug-likeness (QED) is 0.801. The van der Waals surface area contributed by atoms with Gasteiger partial charge in [-0.25, -0.2) is 0 Å². The molecule has 0 aliphatic carbocycles. The van der Waals surface area contributed by atoms with Gasteiger partial charge in [-0.1, -0.05) is 19.1 Å². The maximum atomic E-state index is 11.3. The third kappa shape index (κ3) is 3.13. The van der Waals surface area contributed by atoms with E-state index < -0.39 is 0 Å². The van der Waals surface area contributed by atoms with Crippen LogP contribution in [0.4, 0.5) is 0 Å². The number of rotatable bonds is 5. The molecule has 0 aliphatic heterocycles. The average Bonchev–Trinajstić information content (AvgIpc) is 2.37. The first-order valence-electron chi connectivity index (χ1n) is 5.91. The molecule has 1 unspecified atom stereocenters. The number of ether oxygens (including phenoxy) is 2. The molecule has 0 aliphatic rings. The summed E-state index contributed by atoms with van der Waals surface area (Å²) in [4.78, 5) is 11.3. The zero-order valence-electron chi connectivity index (χ0n) is 11.6. The normalized spacial score (nSPS) is 13.1. The van der Waals surface area contributed by atoms with E-state index >= 15 is 0 Å². The lowest BCUT2D eigenvalue weighted by Gasteiger charge is -2.14. The molecule has 1 aromatic rings. The van der Waals surface area contributed by atoms with Crippen LogP contribution in [0.3, 0.4) is 0 Å². The van der Waals surface area contributed by atoms with Crippen LogP contribution < -0.4 is 9.47 Å². The van der Waals surface area contributed by atoms with E-state index in [0.717, 1.165) is 22.6 Å². The fourth-order valence-corrected chi connectivity index (χ4v) is 1.82. The lowest BCUT2D eigenvalue weighted by atomic mass is 9.98. The van der Waals surface area contributed by atoms with Crippen LogP contribution in [-0.4, -0.2) is 20.0 Å². The first-order chi connectivity index (χ1) is 8.51. The van der Waals surface area contributed by atoms with Gasteiger partial charge in [-0.15, -0.1) is 0 Å². The molecule has 3 heteroatoms. The third-order valence-corrected chi connectivity index (χ3v) is 2.96. The Bertz CT molecular complexity index is 439. The van der Waals surface area contributed by atoms with E-state index in [1.807, 2.05) is 38.1 Å². The first-order valence-corrected chi connectivity index (χ1v) is 5.91. The molecule has 0 N–H and O–H groups in total. The lowest BCUT2D eigenvalue weighted by molar-refractivity contribution is -0.118. The Labute approximate surface area is 108 Å². The highest BCUT2D eigenvalue weighted by Gasteiger charge is 2.13. The zero-order valence-corrected chi connectivity index (χ0v) is 11.6. The lowest BCUT2D eigenvalue weighted by Crippen LogP contribution is -2.03. The van der Waals surface area contributed by atoms with Crippen LogP contribution >= 0.6 is 0 Å². The molecule has 0 fully saturated rings. The Morgan fingerprint density at radius 2 is 1.67 bits per heavy atom. The Morgan fingerprint density at radius 3 is 2.06 bits per heavy atom. The van der Waals surface area contributed by atoms with Crippen LogP contribution in [0, 0.1) is 5.92 Å². The molecular weight excluding hydrogens is 228 g/mol. The second-order valence-electron chi connectivity index (χ2n) is 4.29. The molecule has 0 bridgehead atoms. The minimum absolute atomic E-state index is 0.111. The minimum atomic E-state index is -0.111. The van der Waals surface area contributed by atoms with Gasteiger partial charge >= 0.3 is 0 Å². The number of hydrogen-bond acceptors (Lipinski definition) is 3. The molecule has 1 rings (SSSR count). The van der Waals surface area contributed by atoms with Gasteiger partial charge in [0.05, 0.1) is 19.8 Å². The summed E-state index contributed by atoms with van der Waals surface area (Å²) in [6.45, 7) is 5.43. The molecule has 18 heavy (non-hydrogen) atoms. The van der Waals surface area contributed by atoms with E-state index in [4.69, 9.17) is 9.47 Å². The highest BCUT2D eigenvalue weighted by molar-refractivity contribution is 5.83. The largest absolute Gasteiger partial charge is 0.496 e. The van der Waals surface area contributed by atoms with Crippen LogP contribution in [0.5, 0.6) is 11.5 Å². The molecule has 0 heterocycles. The van der Waals surface area contributed by atoms with Crippen molar-refractivity contribution < 1.29 is 14.3 Å². The van der Waals surface area contributed by atoms with Crippen molar-refractivity contribution in [2.24, 2.45) is 5.92 Å². The van der Waals surface area contributed by atoms with Crippen molar-refractivity contribution in [2.45, 2.75) is 20.8 Å². The Kier molecular flexibility index (Phi) is 4.95. The summed E-state index contributed by atoms with van der Waals surface area (Å²) in [6.07, 6.45) is 1.93. The molecule has 1 aromatic carbocycles. The highest BCUT2D eigenvalue weighted by atomic mass is 16.5. The van der Waals surface area contributed by atoms with Gasteiger partial charge in [-0.05, 0) is 31.6 Å². The van der Waals surface area contributed by atoms with Crippen LogP contribution in [0.1, 0.15) is 26.3 Å². The van der Waals surface area contributed by atoms with Gasteiger partial charge in [0.15, 0.2) is 0 Å². The number of benzene rings is 1. The molecule has 0 spiro atoms. The molecule has 0 amide bonds. The second kappa shape index (κ2) is 6.24. The smallest absolute Gasteiger partial charge is 0.136 e. The number of carbonyl (C=O) groups excluding carboxylic acids is 1. The van der Waals surface area contributed by atoms with Crippen LogP contribution in [0.25, 0.3) is 5.57 Å². The van der Waals surface area contributed by atoms with Crippen molar-refractivity contribution in [3.8, 4) is 11.5 Å². The third-order valence-electron chi connectivity index (χ3n) is 2.96. The second-order valence-corrected chi connectivity index (χ2v) is 4.29. The van der Waals surface area contributed by atoms with E-state index in [1.165, 1.54) is 0 Å². The number of carbonyl (C=O) groups is 1. The Balaban J connectivity index is 3.26. The summed E-state index contributed by atoms with van der Waals surface area (Å²) in [5, 5.41) is 0. The molecule has 0 aromatic heterocycles. The predicted molar refractivity (Wildman–Crippen MR) is 73.0 cm³/mol. The summed E-state index contributed by atoms with van der Waals surface area (Å²) in [7, 11) is 3.25. The maximum absolute atomic E-state index is 11.3. The Hall–Kier alpha value is -1.77. The fraction of sp³-hybridized carbons (Fsp3) is 0.400. The van der Waals surface area contributed by atoms with Crippen molar-refractivity contribution >= 4 is 11.4 Å². The SMILES string of the molecule is COc1cccc(OC)c1/C(C)=C/C(C)C(C)=O. The monoisotopic (exact) mass is 248 g/mol. The average molecular weight is 248 g/mol. The number of methoxy groups -OCH3 is 2. The molecule has 0 saturated heterocycles. The van der Waals surface area contributed by atoms with E-state index in [1.54, 1.807) is 21.1 Å². The fourth-order valence-electron chi connectivity index (χ4n) is 1.82. The maximum Gasteiger partial charge on any atom is 0.136 e. The summed E-state index contributed by atoms with van der Waals surface area (Å²) < 4.78 is 10.7. The van der Waals surface area contributed by atoms with Crippen molar-refractivity contribution in [3.05, 3.63) is 29.8 Å². The Morgan fingerprint density at radius 1 is 1.17 bits per heavy atom. The molecular formula is C15H20O3. The predicted octanol–water partition coefficient (Wildman–Crippen LogP) is 3.33. The molecule has 0 radical (unpaired) electrons. The van der Waals surface area contributed by atoms with Crippen LogP contribution in [0.2, 0.25) is 0 Å². The van der Waals surface area contributed by atoms with Crippen molar-refractivity contribution in [1.29, 1.82) is 0 Å². The molecule has 98 valence electrons. The highest BCUT2D eigenvalue weighted by Crippen LogP contribution is 2.34. The van der Waals surface area contributed by atoms with Gasteiger partial charge < -0.3 is 9.47 Å². The number of allylic oxidation sites excluding steroid dienone is 2. The zero-order chi connectivity index (χ0) is 13.7. The van der Waals surface area contributed by atoms with Gasteiger partial charge in [-0.2, -0.15) is 0 Å². The summed E-state index contributed by atoms with van der Waals surface area (Å²) in [5.74, 6) is 1.53. The van der Waals surface area contributed by atoms with Gasteiger partial charge in [-0.3, -0.25) is 4.79 Å². The summed E-state index contributed by atoms with van der Waals surface area (Å²) in [6, 6.07) is 5.64. The summed E-state index contributed by atoms with van der Waals surface area (Å²) >= 11 is 0. The van der Waals surface area contributed by atoms with Crippen LogP contribution in [-0.2, 0) is 4.79 Å². The van der Waals surface area contributed by atoms with Gasteiger partial charge in [0.1, 0.15) is 17.3 Å². The van der Waals surface area contributed by atoms with Crippen molar-refractivity contribution in [3.63, 3.8) is 0 Å². The summed E-state index contributed by atoms with van der Waals surface area (Å²) in [5.41, 5.74) is 1.88. The van der Waals surface area contributed by atoms with Crippen molar-refractivity contribution in [2.75, 3.05) is 14.2 Å². The molecule has 3 nitrogen and oxygen atoms in total. The van der Waals surface area contributed by atoms with E-state index in [-0.39, 0.29) is 11.7 Å². The van der Waals surface area contributed by atoms with Gasteiger partial charge in [0.2, 0.25) is 0 Å². The minimum Gasteiger partial charge on any atom is -0.496 e. The molecule has 0 saturated carbocycles. The van der Waals surface area contributed by atoms with E-state index in [2.05, 4.69) is 0 Å².